The first-order valence-corrected chi connectivity index (χ1v) is 9.75. The van der Waals surface area contributed by atoms with Crippen LogP contribution in [-0.4, -0.2) is 44.2 Å². The predicted molar refractivity (Wildman–Crippen MR) is 114 cm³/mol. The topological polar surface area (TPSA) is 139 Å². The van der Waals surface area contributed by atoms with E-state index in [1.165, 1.54) is 0 Å². The second-order valence-electron chi connectivity index (χ2n) is 7.25. The van der Waals surface area contributed by atoms with Gasteiger partial charge in [-0.2, -0.15) is 11.0 Å². The molecule has 0 fully saturated rings. The van der Waals surface area contributed by atoms with Crippen molar-refractivity contribution in [1.29, 1.82) is 0 Å². The van der Waals surface area contributed by atoms with E-state index in [4.69, 9.17) is 4.94 Å². The molecule has 6 N–H and O–H groups in total. The molecule has 0 radical (unpaired) electrons. The van der Waals surface area contributed by atoms with Crippen LogP contribution in [0.5, 0.6) is 0 Å². The molecule has 2 heterocycles. The minimum absolute atomic E-state index is 0.154. The Kier molecular flexibility index (Phi) is 5.99. The highest BCUT2D eigenvalue weighted by Crippen LogP contribution is 2.20. The van der Waals surface area contributed by atoms with Crippen LogP contribution in [0.4, 0.5) is 0 Å². The van der Waals surface area contributed by atoms with Crippen molar-refractivity contribution >= 4 is 33.7 Å². The quantitative estimate of drug-likeness (QED) is 0.216. The molecule has 0 saturated carbocycles. The van der Waals surface area contributed by atoms with Crippen molar-refractivity contribution in [3.05, 3.63) is 72.1 Å². The number of fused-ring (bicyclic) bond motifs is 2. The molecule has 0 amide bonds. The van der Waals surface area contributed by atoms with Crippen LogP contribution in [0.2, 0.25) is 0 Å². The lowest BCUT2D eigenvalue weighted by Gasteiger charge is -2.17. The summed E-state index contributed by atoms with van der Waals surface area (Å²) in [5.74, 6) is -2.23. The Bertz CT molecular complexity index is 1120. The van der Waals surface area contributed by atoms with Crippen molar-refractivity contribution in [1.82, 2.24) is 20.9 Å². The standard InChI is InChI=1S/C22H22N4O5/c27-21(28)19(9-13-11-23-17-7-3-1-5-15(13)17)25-31-26-20(22(29)30)10-14-12-24-18-8-4-2-6-16(14)18/h1-8,11-12,19-20,23-26H,9-10H2,(H,27,28)(H,29,30)/t19-,20-/m0/s1. The van der Waals surface area contributed by atoms with Gasteiger partial charge in [-0.25, -0.2) is 4.94 Å². The zero-order valence-electron chi connectivity index (χ0n) is 16.5. The number of rotatable bonds is 10. The Hall–Kier alpha value is -3.66. The van der Waals surface area contributed by atoms with E-state index in [-0.39, 0.29) is 12.8 Å². The Labute approximate surface area is 176 Å². The maximum absolute atomic E-state index is 11.7. The number of aliphatic carboxylic acids is 2. The summed E-state index contributed by atoms with van der Waals surface area (Å²) in [4.78, 5) is 34.7. The van der Waals surface area contributed by atoms with Gasteiger partial charge in [0.2, 0.25) is 0 Å². The molecule has 9 heteroatoms. The molecule has 0 aliphatic carbocycles. The van der Waals surface area contributed by atoms with E-state index in [0.29, 0.717) is 0 Å². The van der Waals surface area contributed by atoms with E-state index in [1.807, 2.05) is 48.5 Å². The molecule has 0 saturated heterocycles. The third-order valence-corrected chi connectivity index (χ3v) is 5.20. The van der Waals surface area contributed by atoms with Crippen LogP contribution in [0, 0.1) is 0 Å². The van der Waals surface area contributed by atoms with E-state index in [9.17, 15) is 19.8 Å². The minimum atomic E-state index is -1.12. The Morgan fingerprint density at radius 2 is 1.19 bits per heavy atom. The van der Waals surface area contributed by atoms with Crippen molar-refractivity contribution in [3.63, 3.8) is 0 Å². The van der Waals surface area contributed by atoms with E-state index in [0.717, 1.165) is 32.9 Å². The van der Waals surface area contributed by atoms with Gasteiger partial charge in [0.05, 0.1) is 0 Å². The van der Waals surface area contributed by atoms with Gasteiger partial charge in [-0.15, -0.1) is 0 Å². The fourth-order valence-corrected chi connectivity index (χ4v) is 3.58. The van der Waals surface area contributed by atoms with E-state index < -0.39 is 24.0 Å². The van der Waals surface area contributed by atoms with Crippen LogP contribution >= 0.6 is 0 Å². The molecule has 0 bridgehead atoms. The number of para-hydroxylation sites is 2. The number of benzene rings is 2. The fourth-order valence-electron chi connectivity index (χ4n) is 3.58. The van der Waals surface area contributed by atoms with Crippen molar-refractivity contribution < 1.29 is 24.7 Å². The molecule has 4 rings (SSSR count). The lowest BCUT2D eigenvalue weighted by molar-refractivity contribution is -0.154. The molecule has 2 aromatic carbocycles. The molecule has 31 heavy (non-hydrogen) atoms. The predicted octanol–water partition coefficient (Wildman–Crippen LogP) is 2.37. The van der Waals surface area contributed by atoms with Gasteiger partial charge in [-0.1, -0.05) is 36.4 Å². The first-order valence-electron chi connectivity index (χ1n) is 9.75. The number of carboxylic acids is 2. The second-order valence-corrected chi connectivity index (χ2v) is 7.25. The number of aromatic amines is 2. The van der Waals surface area contributed by atoms with Crippen LogP contribution in [0.1, 0.15) is 11.1 Å². The lowest BCUT2D eigenvalue weighted by atomic mass is 10.1. The number of aromatic nitrogens is 2. The van der Waals surface area contributed by atoms with Crippen molar-refractivity contribution in [2.24, 2.45) is 0 Å². The average molecular weight is 422 g/mol. The Morgan fingerprint density at radius 3 is 1.61 bits per heavy atom. The van der Waals surface area contributed by atoms with Crippen LogP contribution in [0.15, 0.2) is 60.9 Å². The highest BCUT2D eigenvalue weighted by molar-refractivity contribution is 5.85. The van der Waals surface area contributed by atoms with Gasteiger partial charge in [0, 0.05) is 47.0 Å². The molecule has 4 aromatic rings. The minimum Gasteiger partial charge on any atom is -0.480 e. The Balaban J connectivity index is 1.39. The number of hydroxylamine groups is 2. The number of H-pyrrole nitrogens is 2. The summed E-state index contributed by atoms with van der Waals surface area (Å²) in [7, 11) is 0. The maximum Gasteiger partial charge on any atom is 0.323 e. The molecule has 0 unspecified atom stereocenters. The molecule has 0 aliphatic rings. The van der Waals surface area contributed by atoms with E-state index in [2.05, 4.69) is 20.9 Å². The summed E-state index contributed by atoms with van der Waals surface area (Å²) < 4.78 is 0. The van der Waals surface area contributed by atoms with Crippen molar-refractivity contribution in [3.8, 4) is 0 Å². The second kappa shape index (κ2) is 9.00. The van der Waals surface area contributed by atoms with Gasteiger partial charge in [0.1, 0.15) is 12.1 Å². The lowest BCUT2D eigenvalue weighted by Crippen LogP contribution is -2.47. The van der Waals surface area contributed by atoms with Crippen LogP contribution in [0.3, 0.4) is 0 Å². The van der Waals surface area contributed by atoms with Gasteiger partial charge in [0.15, 0.2) is 0 Å². The summed E-state index contributed by atoms with van der Waals surface area (Å²) in [6, 6.07) is 13.0. The van der Waals surface area contributed by atoms with E-state index in [1.54, 1.807) is 12.4 Å². The van der Waals surface area contributed by atoms with Crippen LogP contribution in [-0.2, 0) is 27.4 Å². The maximum atomic E-state index is 11.7. The van der Waals surface area contributed by atoms with Gasteiger partial charge in [-0.3, -0.25) is 9.59 Å². The van der Waals surface area contributed by atoms with Crippen molar-refractivity contribution in [2.75, 3.05) is 0 Å². The molecule has 2 aromatic heterocycles. The number of nitrogens with one attached hydrogen (secondary N) is 4. The zero-order chi connectivity index (χ0) is 21.8. The van der Waals surface area contributed by atoms with Gasteiger partial charge in [0.25, 0.3) is 0 Å². The summed E-state index contributed by atoms with van der Waals surface area (Å²) in [5, 5.41) is 20.9. The molecule has 160 valence electrons. The number of carbonyl (C=O) groups is 2. The van der Waals surface area contributed by atoms with Gasteiger partial charge < -0.3 is 20.2 Å². The molecular formula is C22H22N4O5. The summed E-state index contributed by atoms with van der Waals surface area (Å²) >= 11 is 0. The van der Waals surface area contributed by atoms with Crippen LogP contribution in [0.25, 0.3) is 21.8 Å². The van der Waals surface area contributed by atoms with Gasteiger partial charge >= 0.3 is 11.9 Å². The van der Waals surface area contributed by atoms with Crippen LogP contribution < -0.4 is 11.0 Å². The summed E-state index contributed by atoms with van der Waals surface area (Å²) in [6.07, 6.45) is 3.82. The molecule has 2 atom stereocenters. The zero-order valence-corrected chi connectivity index (χ0v) is 16.5. The molecule has 9 nitrogen and oxygen atoms in total. The third kappa shape index (κ3) is 4.58. The Morgan fingerprint density at radius 1 is 0.774 bits per heavy atom. The fraction of sp³-hybridized carbons (Fsp3) is 0.182. The monoisotopic (exact) mass is 422 g/mol. The largest absolute Gasteiger partial charge is 0.480 e. The molecular weight excluding hydrogens is 400 g/mol. The SMILES string of the molecule is O=C(O)[C@H](Cc1c[nH]c2ccccc12)NON[C@@H](Cc1c[nH]c2ccccc12)C(=O)O. The summed E-state index contributed by atoms with van der Waals surface area (Å²) in [6.45, 7) is 0. The number of hydrogen-bond acceptors (Lipinski definition) is 5. The smallest absolute Gasteiger partial charge is 0.323 e. The summed E-state index contributed by atoms with van der Waals surface area (Å²) in [5.41, 5.74) is 8.30. The normalized spacial score (nSPS) is 13.4. The van der Waals surface area contributed by atoms with E-state index >= 15 is 0 Å². The molecule has 0 aliphatic heterocycles. The first kappa shape index (κ1) is 20.6. The first-order chi connectivity index (χ1) is 15.0. The number of hydrogen-bond donors (Lipinski definition) is 6. The third-order valence-electron chi connectivity index (χ3n) is 5.20. The van der Waals surface area contributed by atoms with Crippen molar-refractivity contribution in [2.45, 2.75) is 24.9 Å². The number of carboxylic acid groups (broad SMARTS) is 2. The highest BCUT2D eigenvalue weighted by atomic mass is 16.8. The average Bonchev–Trinajstić information content (AvgIpc) is 3.36. The molecule has 0 spiro atoms. The van der Waals surface area contributed by atoms with Gasteiger partial charge in [-0.05, 0) is 23.3 Å². The highest BCUT2D eigenvalue weighted by Gasteiger charge is 2.23.